The first-order valence-electron chi connectivity index (χ1n) is 10.8. The summed E-state index contributed by atoms with van der Waals surface area (Å²) in [5, 5.41) is 0. The van der Waals surface area contributed by atoms with E-state index in [0.29, 0.717) is 23.0 Å². The molecular weight excluding hydrogens is 306 g/mol. The lowest BCUT2D eigenvalue weighted by atomic mass is 9.48. The van der Waals surface area contributed by atoms with Gasteiger partial charge in [0.15, 0.2) is 0 Å². The maximum absolute atomic E-state index is 6.56. The highest BCUT2D eigenvalue weighted by molar-refractivity contribution is 5.25. The predicted molar refractivity (Wildman–Crippen MR) is 104 cm³/mol. The Morgan fingerprint density at radius 3 is 2.52 bits per heavy atom. The molecule has 7 atom stereocenters. The second-order valence-corrected chi connectivity index (χ2v) is 11.1. The van der Waals surface area contributed by atoms with Gasteiger partial charge in [0.05, 0.1) is 11.7 Å². The molecule has 0 spiro atoms. The average Bonchev–Trinajstić information content (AvgIpc) is 2.82. The predicted octanol–water partition coefficient (Wildman–Crippen LogP) is 5.46. The fraction of sp³-hybridized carbons (Fsp3) is 0.913. The maximum Gasteiger partial charge on any atom is 0.0619 e. The van der Waals surface area contributed by atoms with Crippen molar-refractivity contribution in [2.24, 2.45) is 34.3 Å². The van der Waals surface area contributed by atoms with Gasteiger partial charge in [-0.2, -0.15) is 0 Å². The van der Waals surface area contributed by atoms with Crippen molar-refractivity contribution in [1.82, 2.24) is 0 Å². The molecule has 0 bridgehead atoms. The molecule has 2 nitrogen and oxygen atoms in total. The third-order valence-corrected chi connectivity index (χ3v) is 8.65. The summed E-state index contributed by atoms with van der Waals surface area (Å²) in [5.74, 6) is 2.62. The molecule has 4 aliphatic rings. The molecule has 4 aliphatic carbocycles. The number of fused-ring (bicyclic) bond motifs is 5. The Balaban J connectivity index is 1.56. The van der Waals surface area contributed by atoms with Crippen LogP contribution in [-0.2, 0) is 4.74 Å². The van der Waals surface area contributed by atoms with E-state index in [1.165, 1.54) is 51.4 Å². The van der Waals surface area contributed by atoms with E-state index in [1.54, 1.807) is 5.57 Å². The molecule has 4 rings (SSSR count). The molecule has 0 aliphatic heterocycles. The standard InChI is InChI=1S/C23H39NO/c1-21(2,3)25-16-10-12-22(4)15(14-16)6-7-17-18-8-9-20(24)23(18,5)13-11-19(17)22/h6,16-20H,7-14,24H2,1-5H3/t16-,17-,18-,19-,20-,22-,23-/m0/s1. The molecule has 3 saturated carbocycles. The molecule has 2 N–H and O–H groups in total. The Morgan fingerprint density at radius 2 is 1.80 bits per heavy atom. The van der Waals surface area contributed by atoms with Crippen molar-refractivity contribution in [2.45, 2.75) is 104 Å². The average molecular weight is 346 g/mol. The number of ether oxygens (including phenoxy) is 1. The smallest absolute Gasteiger partial charge is 0.0619 e. The van der Waals surface area contributed by atoms with Crippen molar-refractivity contribution in [2.75, 3.05) is 0 Å². The van der Waals surface area contributed by atoms with Gasteiger partial charge < -0.3 is 10.5 Å². The molecule has 0 amide bonds. The summed E-state index contributed by atoms with van der Waals surface area (Å²) in [4.78, 5) is 0. The number of hydrogen-bond donors (Lipinski definition) is 1. The van der Waals surface area contributed by atoms with Gasteiger partial charge in [-0.3, -0.25) is 0 Å². The van der Waals surface area contributed by atoms with Gasteiger partial charge in [-0.15, -0.1) is 0 Å². The van der Waals surface area contributed by atoms with E-state index in [0.717, 1.165) is 17.8 Å². The first kappa shape index (κ1) is 18.0. The molecule has 0 saturated heterocycles. The zero-order valence-corrected chi connectivity index (χ0v) is 17.1. The van der Waals surface area contributed by atoms with E-state index in [2.05, 4.69) is 40.7 Å². The molecule has 2 heteroatoms. The SMILES string of the molecule is CC(C)(C)O[C@H]1CC[C@@]2(C)C(=CC[C@H]3[C@@H]4CC[C@H](N)[C@@]4(C)CC[C@@H]32)C1. The second kappa shape index (κ2) is 5.83. The van der Waals surface area contributed by atoms with Crippen LogP contribution in [0.25, 0.3) is 0 Å². The highest BCUT2D eigenvalue weighted by Gasteiger charge is 2.58. The summed E-state index contributed by atoms with van der Waals surface area (Å²) in [6.45, 7) is 11.7. The van der Waals surface area contributed by atoms with Gasteiger partial charge >= 0.3 is 0 Å². The van der Waals surface area contributed by atoms with Crippen LogP contribution in [0.15, 0.2) is 11.6 Å². The van der Waals surface area contributed by atoms with E-state index in [9.17, 15) is 0 Å². The van der Waals surface area contributed by atoms with Gasteiger partial charge in [0.25, 0.3) is 0 Å². The van der Waals surface area contributed by atoms with Crippen molar-refractivity contribution >= 4 is 0 Å². The molecule has 0 radical (unpaired) electrons. The molecule has 0 unspecified atom stereocenters. The minimum absolute atomic E-state index is 0.0250. The fourth-order valence-corrected chi connectivity index (χ4v) is 7.27. The normalized spacial score (nSPS) is 49.8. The van der Waals surface area contributed by atoms with Crippen LogP contribution in [0.4, 0.5) is 0 Å². The highest BCUT2D eigenvalue weighted by atomic mass is 16.5. The van der Waals surface area contributed by atoms with Gasteiger partial charge in [0, 0.05) is 6.04 Å². The summed E-state index contributed by atoms with van der Waals surface area (Å²) in [6.07, 6.45) is 13.4. The number of allylic oxidation sites excluding steroid dienone is 1. The molecule has 0 heterocycles. The van der Waals surface area contributed by atoms with Crippen molar-refractivity contribution in [3.05, 3.63) is 11.6 Å². The minimum Gasteiger partial charge on any atom is -0.372 e. The monoisotopic (exact) mass is 345 g/mol. The first-order chi connectivity index (χ1) is 11.6. The summed E-state index contributed by atoms with van der Waals surface area (Å²) in [7, 11) is 0. The second-order valence-electron chi connectivity index (χ2n) is 11.1. The number of rotatable bonds is 1. The molecular formula is C23H39NO. The van der Waals surface area contributed by atoms with Crippen LogP contribution in [0, 0.1) is 28.6 Å². The lowest BCUT2D eigenvalue weighted by Crippen LogP contribution is -2.52. The Bertz CT molecular complexity index is 561. The molecule has 0 aromatic carbocycles. The Kier molecular flexibility index (Phi) is 4.21. The van der Waals surface area contributed by atoms with Gasteiger partial charge in [-0.25, -0.2) is 0 Å². The highest BCUT2D eigenvalue weighted by Crippen LogP contribution is 2.64. The molecule has 0 aromatic heterocycles. The quantitative estimate of drug-likeness (QED) is 0.640. The van der Waals surface area contributed by atoms with Crippen molar-refractivity contribution < 1.29 is 4.74 Å². The lowest BCUT2D eigenvalue weighted by molar-refractivity contribution is -0.0920. The lowest BCUT2D eigenvalue weighted by Gasteiger charge is -2.58. The van der Waals surface area contributed by atoms with Crippen LogP contribution in [0.2, 0.25) is 0 Å². The molecule has 142 valence electrons. The first-order valence-corrected chi connectivity index (χ1v) is 10.8. The van der Waals surface area contributed by atoms with E-state index in [4.69, 9.17) is 10.5 Å². The van der Waals surface area contributed by atoms with Crippen LogP contribution in [0.3, 0.4) is 0 Å². The van der Waals surface area contributed by atoms with Crippen LogP contribution in [0.5, 0.6) is 0 Å². The summed E-state index contributed by atoms with van der Waals surface area (Å²) < 4.78 is 6.35. The van der Waals surface area contributed by atoms with Gasteiger partial charge in [0.1, 0.15) is 0 Å². The van der Waals surface area contributed by atoms with Gasteiger partial charge in [-0.05, 0) is 101 Å². The van der Waals surface area contributed by atoms with Crippen LogP contribution in [0.1, 0.15) is 86.0 Å². The van der Waals surface area contributed by atoms with E-state index >= 15 is 0 Å². The minimum atomic E-state index is -0.0250. The topological polar surface area (TPSA) is 35.2 Å². The van der Waals surface area contributed by atoms with Crippen molar-refractivity contribution in [1.29, 1.82) is 0 Å². The maximum atomic E-state index is 6.56. The van der Waals surface area contributed by atoms with E-state index in [-0.39, 0.29) is 5.60 Å². The van der Waals surface area contributed by atoms with Crippen LogP contribution < -0.4 is 5.73 Å². The third-order valence-electron chi connectivity index (χ3n) is 8.65. The summed E-state index contributed by atoms with van der Waals surface area (Å²) >= 11 is 0. The van der Waals surface area contributed by atoms with Crippen molar-refractivity contribution in [3.63, 3.8) is 0 Å². The molecule has 0 aromatic rings. The van der Waals surface area contributed by atoms with Crippen LogP contribution in [-0.4, -0.2) is 17.7 Å². The van der Waals surface area contributed by atoms with E-state index in [1.807, 2.05) is 0 Å². The van der Waals surface area contributed by atoms with Crippen LogP contribution >= 0.6 is 0 Å². The third kappa shape index (κ3) is 2.83. The summed E-state index contributed by atoms with van der Waals surface area (Å²) in [6, 6.07) is 0.438. The fourth-order valence-electron chi connectivity index (χ4n) is 7.27. The molecule has 3 fully saturated rings. The molecule has 25 heavy (non-hydrogen) atoms. The van der Waals surface area contributed by atoms with Gasteiger partial charge in [-0.1, -0.05) is 25.5 Å². The number of nitrogens with two attached hydrogens (primary N) is 1. The Morgan fingerprint density at radius 1 is 1.04 bits per heavy atom. The number of hydrogen-bond acceptors (Lipinski definition) is 2. The zero-order chi connectivity index (χ0) is 18.0. The Hall–Kier alpha value is -0.340. The largest absolute Gasteiger partial charge is 0.372 e. The summed E-state index contributed by atoms with van der Waals surface area (Å²) in [5.41, 5.74) is 9.09. The van der Waals surface area contributed by atoms with Gasteiger partial charge in [0.2, 0.25) is 0 Å². The zero-order valence-electron chi connectivity index (χ0n) is 17.1. The Labute approximate surface area is 155 Å². The van der Waals surface area contributed by atoms with Crippen molar-refractivity contribution in [3.8, 4) is 0 Å². The van der Waals surface area contributed by atoms with E-state index < -0.39 is 0 Å².